The average molecular weight is 406 g/mol. The Morgan fingerprint density at radius 1 is 1.24 bits per heavy atom. The predicted molar refractivity (Wildman–Crippen MR) is 103 cm³/mol. The van der Waals surface area contributed by atoms with E-state index in [4.69, 9.17) is 9.47 Å². The molecule has 0 saturated heterocycles. The number of carbonyl (C=O) groups is 1. The molecule has 2 rings (SSSR count). The largest absolute Gasteiger partial charge is 0.493 e. The molecule has 0 saturated carbocycles. The first-order valence-corrected chi connectivity index (χ1v) is 8.54. The van der Waals surface area contributed by atoms with Crippen molar-refractivity contribution >= 4 is 33.7 Å². The Kier molecular flexibility index (Phi) is 7.28. The number of nitrogens with zero attached hydrogens (tertiary/aromatic N) is 1. The molecule has 132 valence electrons. The summed E-state index contributed by atoms with van der Waals surface area (Å²) in [6, 6.07) is 13.0. The zero-order valence-corrected chi connectivity index (χ0v) is 15.7. The molecule has 2 aromatic rings. The molecule has 0 spiro atoms. The highest BCUT2D eigenvalue weighted by Gasteiger charge is 2.04. The lowest BCUT2D eigenvalue weighted by Crippen LogP contribution is -2.25. The maximum Gasteiger partial charge on any atom is 0.259 e. The van der Waals surface area contributed by atoms with Crippen molar-refractivity contribution in [3.8, 4) is 11.5 Å². The van der Waals surface area contributed by atoms with E-state index in [0.717, 1.165) is 15.7 Å². The van der Waals surface area contributed by atoms with Crippen LogP contribution < -0.4 is 20.2 Å². The van der Waals surface area contributed by atoms with E-state index in [1.165, 1.54) is 0 Å². The van der Waals surface area contributed by atoms with E-state index in [2.05, 4.69) is 31.8 Å². The number of carbonyl (C=O) groups excluding carboxylic acids is 1. The summed E-state index contributed by atoms with van der Waals surface area (Å²) < 4.78 is 11.7. The molecule has 0 radical (unpaired) electrons. The maximum atomic E-state index is 11.8. The lowest BCUT2D eigenvalue weighted by molar-refractivity contribution is -0.119. The number of ether oxygens (including phenoxy) is 2. The third-order valence-corrected chi connectivity index (χ3v) is 3.66. The summed E-state index contributed by atoms with van der Waals surface area (Å²) in [6.45, 7) is 2.59. The third-order valence-electron chi connectivity index (χ3n) is 3.17. The number of rotatable bonds is 8. The van der Waals surface area contributed by atoms with E-state index in [1.807, 2.05) is 37.3 Å². The summed E-state index contributed by atoms with van der Waals surface area (Å²) >= 11 is 3.38. The fraction of sp³-hybridized carbons (Fsp3) is 0.222. The van der Waals surface area contributed by atoms with Crippen molar-refractivity contribution in [1.29, 1.82) is 0 Å². The second-order valence-corrected chi connectivity index (χ2v) is 5.92. The second-order valence-electron chi connectivity index (χ2n) is 5.00. The molecule has 0 unspecified atom stereocenters. The first-order valence-electron chi connectivity index (χ1n) is 7.74. The minimum absolute atomic E-state index is 0.125. The van der Waals surface area contributed by atoms with E-state index in [1.54, 1.807) is 25.5 Å². The molecule has 0 atom stereocenters. The SMILES string of the molecule is CCOc1ccc(C=NNC(=O)CNc2cccc(Br)c2)cc1OC. The van der Waals surface area contributed by atoms with Crippen LogP contribution in [0.15, 0.2) is 52.0 Å². The first-order chi connectivity index (χ1) is 12.1. The van der Waals surface area contributed by atoms with Crippen LogP contribution in [0.4, 0.5) is 5.69 Å². The lowest BCUT2D eigenvalue weighted by Gasteiger charge is -2.09. The van der Waals surface area contributed by atoms with E-state index in [9.17, 15) is 4.79 Å². The number of hydrogen-bond donors (Lipinski definition) is 2. The van der Waals surface area contributed by atoms with E-state index in [-0.39, 0.29) is 12.5 Å². The van der Waals surface area contributed by atoms with Crippen LogP contribution >= 0.6 is 15.9 Å². The van der Waals surface area contributed by atoms with E-state index in [0.29, 0.717) is 18.1 Å². The van der Waals surface area contributed by atoms with Gasteiger partial charge < -0.3 is 14.8 Å². The highest BCUT2D eigenvalue weighted by molar-refractivity contribution is 9.10. The van der Waals surface area contributed by atoms with Gasteiger partial charge in [0.25, 0.3) is 5.91 Å². The second kappa shape index (κ2) is 9.68. The molecule has 0 aromatic heterocycles. The van der Waals surface area contributed by atoms with Gasteiger partial charge in [0.2, 0.25) is 0 Å². The van der Waals surface area contributed by atoms with Crippen molar-refractivity contribution < 1.29 is 14.3 Å². The van der Waals surface area contributed by atoms with Gasteiger partial charge in [-0.05, 0) is 48.9 Å². The van der Waals surface area contributed by atoms with Gasteiger partial charge in [0.15, 0.2) is 11.5 Å². The zero-order chi connectivity index (χ0) is 18.1. The minimum Gasteiger partial charge on any atom is -0.493 e. The molecule has 2 N–H and O–H groups in total. The number of halogens is 1. The molecule has 1 amide bonds. The van der Waals surface area contributed by atoms with Gasteiger partial charge in [-0.25, -0.2) is 5.43 Å². The minimum atomic E-state index is -0.242. The van der Waals surface area contributed by atoms with Crippen molar-refractivity contribution in [3.05, 3.63) is 52.5 Å². The topological polar surface area (TPSA) is 72.0 Å². The smallest absolute Gasteiger partial charge is 0.259 e. The molecule has 0 bridgehead atoms. The Hall–Kier alpha value is -2.54. The number of amides is 1. The Morgan fingerprint density at radius 3 is 2.80 bits per heavy atom. The summed E-state index contributed by atoms with van der Waals surface area (Å²) in [5.74, 6) is 1.05. The van der Waals surface area contributed by atoms with Crippen LogP contribution in [0.2, 0.25) is 0 Å². The van der Waals surface area contributed by atoms with Gasteiger partial charge in [-0.2, -0.15) is 5.10 Å². The van der Waals surface area contributed by atoms with Crippen LogP contribution in [-0.2, 0) is 4.79 Å². The van der Waals surface area contributed by atoms with Gasteiger partial charge in [0.05, 0.1) is 26.5 Å². The predicted octanol–water partition coefficient (Wildman–Crippen LogP) is 3.42. The van der Waals surface area contributed by atoms with Crippen LogP contribution in [0.25, 0.3) is 0 Å². The van der Waals surface area contributed by atoms with Crippen LogP contribution in [0.3, 0.4) is 0 Å². The fourth-order valence-corrected chi connectivity index (χ4v) is 2.44. The molecular weight excluding hydrogens is 386 g/mol. The number of anilines is 1. The van der Waals surface area contributed by atoms with Crippen molar-refractivity contribution in [2.24, 2.45) is 5.10 Å². The number of hydrazone groups is 1. The summed E-state index contributed by atoms with van der Waals surface area (Å²) in [7, 11) is 1.58. The Morgan fingerprint density at radius 2 is 2.08 bits per heavy atom. The van der Waals surface area contributed by atoms with Crippen molar-refractivity contribution in [2.75, 3.05) is 25.6 Å². The van der Waals surface area contributed by atoms with Gasteiger partial charge in [-0.3, -0.25) is 4.79 Å². The first kappa shape index (κ1) is 18.8. The number of nitrogens with one attached hydrogen (secondary N) is 2. The number of hydrogen-bond acceptors (Lipinski definition) is 5. The molecule has 0 aliphatic carbocycles. The maximum absolute atomic E-state index is 11.8. The highest BCUT2D eigenvalue weighted by Crippen LogP contribution is 2.27. The Bertz CT molecular complexity index is 750. The van der Waals surface area contributed by atoms with Crippen LogP contribution in [0, 0.1) is 0 Å². The normalized spacial score (nSPS) is 10.5. The number of benzene rings is 2. The lowest BCUT2D eigenvalue weighted by atomic mass is 10.2. The molecule has 0 heterocycles. The van der Waals surface area contributed by atoms with Gasteiger partial charge in [0.1, 0.15) is 0 Å². The van der Waals surface area contributed by atoms with Crippen molar-refractivity contribution in [2.45, 2.75) is 6.92 Å². The summed E-state index contributed by atoms with van der Waals surface area (Å²) in [6.07, 6.45) is 1.55. The standard InChI is InChI=1S/C18H20BrN3O3/c1-3-25-16-8-7-13(9-17(16)24-2)11-21-22-18(23)12-20-15-6-4-5-14(19)10-15/h4-11,20H,3,12H2,1-2H3,(H,22,23). The quantitative estimate of drug-likeness (QED) is 0.521. The molecule has 0 aliphatic rings. The molecule has 0 fully saturated rings. The van der Waals surface area contributed by atoms with Gasteiger partial charge >= 0.3 is 0 Å². The number of methoxy groups -OCH3 is 1. The molecule has 7 heteroatoms. The van der Waals surface area contributed by atoms with E-state index < -0.39 is 0 Å². The van der Waals surface area contributed by atoms with Gasteiger partial charge in [0, 0.05) is 10.2 Å². The van der Waals surface area contributed by atoms with Gasteiger partial charge in [-0.1, -0.05) is 22.0 Å². The summed E-state index contributed by atoms with van der Waals surface area (Å²) in [4.78, 5) is 11.8. The van der Waals surface area contributed by atoms with E-state index >= 15 is 0 Å². The van der Waals surface area contributed by atoms with Crippen LogP contribution in [0.1, 0.15) is 12.5 Å². The molecular formula is C18H20BrN3O3. The van der Waals surface area contributed by atoms with Gasteiger partial charge in [-0.15, -0.1) is 0 Å². The van der Waals surface area contributed by atoms with Crippen LogP contribution in [0.5, 0.6) is 11.5 Å². The van der Waals surface area contributed by atoms with Crippen molar-refractivity contribution in [1.82, 2.24) is 5.43 Å². The molecule has 25 heavy (non-hydrogen) atoms. The average Bonchev–Trinajstić information content (AvgIpc) is 2.61. The zero-order valence-electron chi connectivity index (χ0n) is 14.1. The highest BCUT2D eigenvalue weighted by atomic mass is 79.9. The molecule has 0 aliphatic heterocycles. The Labute approximate surface area is 155 Å². The monoisotopic (exact) mass is 405 g/mol. The van der Waals surface area contributed by atoms with Crippen LogP contribution in [-0.4, -0.2) is 32.4 Å². The summed E-state index contributed by atoms with van der Waals surface area (Å²) in [5.41, 5.74) is 4.12. The summed E-state index contributed by atoms with van der Waals surface area (Å²) in [5, 5.41) is 6.97. The fourth-order valence-electron chi connectivity index (χ4n) is 2.04. The Balaban J connectivity index is 1.86. The molecule has 6 nitrogen and oxygen atoms in total. The third kappa shape index (κ3) is 6.11. The van der Waals surface area contributed by atoms with Crippen molar-refractivity contribution in [3.63, 3.8) is 0 Å². The molecule has 2 aromatic carbocycles.